The second-order valence-electron chi connectivity index (χ2n) is 5.36. The molecule has 0 aromatic rings. The van der Waals surface area contributed by atoms with Crippen LogP contribution in [-0.2, 0) is 14.3 Å². The molecule has 1 atom stereocenters. The van der Waals surface area contributed by atoms with E-state index >= 15 is 0 Å². The van der Waals surface area contributed by atoms with Crippen LogP contribution >= 0.6 is 0 Å². The average molecular weight is 257 g/mol. The minimum Gasteiger partial charge on any atom is -0.481 e. The van der Waals surface area contributed by atoms with Crippen molar-refractivity contribution in [1.82, 2.24) is 4.90 Å². The maximum Gasteiger partial charge on any atom is 0.410 e. The number of ketones is 1. The van der Waals surface area contributed by atoms with Crippen LogP contribution in [0, 0.1) is 5.92 Å². The Morgan fingerprint density at radius 1 is 1.33 bits per heavy atom. The van der Waals surface area contributed by atoms with Crippen LogP contribution in [0.2, 0.25) is 0 Å². The predicted molar refractivity (Wildman–Crippen MR) is 63.2 cm³/mol. The molecule has 0 aromatic carbocycles. The lowest BCUT2D eigenvalue weighted by atomic mass is 10.00. The zero-order valence-electron chi connectivity index (χ0n) is 10.9. The molecule has 1 aliphatic rings. The third-order valence-corrected chi connectivity index (χ3v) is 2.65. The van der Waals surface area contributed by atoms with Crippen LogP contribution < -0.4 is 0 Å². The van der Waals surface area contributed by atoms with Crippen LogP contribution in [0.3, 0.4) is 0 Å². The highest BCUT2D eigenvalue weighted by molar-refractivity contribution is 5.98. The van der Waals surface area contributed by atoms with Crippen molar-refractivity contribution in [2.45, 2.75) is 39.2 Å². The highest BCUT2D eigenvalue weighted by atomic mass is 16.6. The monoisotopic (exact) mass is 257 g/mol. The number of carboxylic acid groups (broad SMARTS) is 1. The number of likely N-dealkylation sites (tertiary alicyclic amines) is 1. The minimum atomic E-state index is -1.12. The molecule has 0 radical (unpaired) electrons. The van der Waals surface area contributed by atoms with Crippen LogP contribution in [-0.4, -0.2) is 46.5 Å². The van der Waals surface area contributed by atoms with Gasteiger partial charge in [-0.1, -0.05) is 0 Å². The topological polar surface area (TPSA) is 83.9 Å². The highest BCUT2D eigenvalue weighted by Crippen LogP contribution is 2.17. The average Bonchev–Trinajstić information content (AvgIpc) is 2.37. The normalized spacial score (nSPS) is 21.4. The predicted octanol–water partition coefficient (Wildman–Crippen LogP) is 1.29. The lowest BCUT2D eigenvalue weighted by molar-refractivity contribution is -0.146. The fraction of sp³-hybridized carbons (Fsp3) is 0.750. The summed E-state index contributed by atoms with van der Waals surface area (Å²) in [5.41, 5.74) is -0.598. The van der Waals surface area contributed by atoms with Gasteiger partial charge in [-0.15, -0.1) is 0 Å². The Balaban J connectivity index is 2.64. The lowest BCUT2D eigenvalue weighted by Gasteiger charge is -2.26. The summed E-state index contributed by atoms with van der Waals surface area (Å²) in [5.74, 6) is -2.45. The lowest BCUT2D eigenvalue weighted by Crippen LogP contribution is -2.37. The van der Waals surface area contributed by atoms with Crippen LogP contribution in [0.1, 0.15) is 33.6 Å². The van der Waals surface area contributed by atoms with Crippen molar-refractivity contribution in [3.05, 3.63) is 0 Å². The van der Waals surface area contributed by atoms with Crippen molar-refractivity contribution >= 4 is 17.8 Å². The molecule has 1 N–H and O–H groups in total. The van der Waals surface area contributed by atoms with Crippen molar-refractivity contribution in [1.29, 1.82) is 0 Å². The number of Topliss-reactive ketones (excluding diaryl/α,β-unsaturated/α-hetero) is 1. The number of hydrogen-bond acceptors (Lipinski definition) is 4. The smallest absolute Gasteiger partial charge is 0.410 e. The summed E-state index contributed by atoms with van der Waals surface area (Å²) in [7, 11) is 0. The summed E-state index contributed by atoms with van der Waals surface area (Å²) in [6, 6.07) is 0. The third kappa shape index (κ3) is 4.01. The number of aliphatic carboxylic acids is 1. The van der Waals surface area contributed by atoms with Gasteiger partial charge in [0.25, 0.3) is 0 Å². The van der Waals surface area contributed by atoms with E-state index in [4.69, 9.17) is 9.84 Å². The molecule has 1 unspecified atom stereocenters. The molecule has 1 heterocycles. The van der Waals surface area contributed by atoms with Gasteiger partial charge in [0, 0.05) is 19.5 Å². The first-order valence-corrected chi connectivity index (χ1v) is 5.94. The zero-order valence-corrected chi connectivity index (χ0v) is 10.9. The molecule has 1 saturated heterocycles. The molecule has 1 fully saturated rings. The molecular formula is C12H19NO5. The zero-order chi connectivity index (χ0) is 13.9. The largest absolute Gasteiger partial charge is 0.481 e. The second kappa shape index (κ2) is 5.37. The third-order valence-electron chi connectivity index (χ3n) is 2.65. The maximum atomic E-state index is 11.8. The van der Waals surface area contributed by atoms with E-state index < -0.39 is 23.6 Å². The van der Waals surface area contributed by atoms with E-state index in [0.717, 1.165) is 0 Å². The van der Waals surface area contributed by atoms with Crippen molar-refractivity contribution in [3.8, 4) is 0 Å². The van der Waals surface area contributed by atoms with Gasteiger partial charge in [0.05, 0.1) is 0 Å². The van der Waals surface area contributed by atoms with Gasteiger partial charge in [0.1, 0.15) is 17.3 Å². The fourth-order valence-electron chi connectivity index (χ4n) is 1.75. The van der Waals surface area contributed by atoms with Gasteiger partial charge in [0.2, 0.25) is 0 Å². The molecule has 0 saturated carbocycles. The molecule has 1 amide bonds. The molecule has 1 rings (SSSR count). The first-order valence-electron chi connectivity index (χ1n) is 5.94. The van der Waals surface area contributed by atoms with Crippen LogP contribution in [0.15, 0.2) is 0 Å². The van der Waals surface area contributed by atoms with E-state index in [1.807, 2.05) is 0 Å². The van der Waals surface area contributed by atoms with E-state index in [9.17, 15) is 14.4 Å². The number of rotatable bonds is 1. The summed E-state index contributed by atoms with van der Waals surface area (Å²) in [6.45, 7) is 5.73. The number of carbonyl (C=O) groups is 3. The van der Waals surface area contributed by atoms with E-state index in [2.05, 4.69) is 0 Å². The second-order valence-corrected chi connectivity index (χ2v) is 5.36. The Morgan fingerprint density at radius 3 is 2.44 bits per heavy atom. The molecule has 0 aromatic heterocycles. The van der Waals surface area contributed by atoms with Crippen molar-refractivity contribution in [2.75, 3.05) is 13.1 Å². The fourth-order valence-corrected chi connectivity index (χ4v) is 1.75. The first kappa shape index (κ1) is 14.5. The van der Waals surface area contributed by atoms with E-state index in [-0.39, 0.29) is 31.7 Å². The van der Waals surface area contributed by atoms with Gasteiger partial charge >= 0.3 is 12.1 Å². The number of ether oxygens (including phenoxy) is 1. The summed E-state index contributed by atoms with van der Waals surface area (Å²) in [4.78, 5) is 35.6. The summed E-state index contributed by atoms with van der Waals surface area (Å²) in [5, 5.41) is 8.89. The molecule has 0 aliphatic carbocycles. The molecule has 102 valence electrons. The maximum absolute atomic E-state index is 11.8. The van der Waals surface area contributed by atoms with Gasteiger partial charge < -0.3 is 14.7 Å². The number of hydrogen-bond donors (Lipinski definition) is 1. The number of carbonyl (C=O) groups excluding carboxylic acids is 2. The number of nitrogens with zero attached hydrogens (tertiary/aromatic N) is 1. The van der Waals surface area contributed by atoms with Gasteiger partial charge in [0.15, 0.2) is 0 Å². The summed E-state index contributed by atoms with van der Waals surface area (Å²) < 4.78 is 5.19. The van der Waals surface area contributed by atoms with E-state index in [1.165, 1.54) is 4.90 Å². The Bertz CT molecular complexity index is 358. The molecule has 0 spiro atoms. The van der Waals surface area contributed by atoms with Gasteiger partial charge in [-0.25, -0.2) is 4.79 Å². The molecule has 1 aliphatic heterocycles. The van der Waals surface area contributed by atoms with Crippen LogP contribution in [0.25, 0.3) is 0 Å². The Kier molecular flexibility index (Phi) is 4.32. The molecule has 6 nitrogen and oxygen atoms in total. The molecule has 6 heteroatoms. The van der Waals surface area contributed by atoms with Gasteiger partial charge in [-0.05, 0) is 27.2 Å². The van der Waals surface area contributed by atoms with Crippen LogP contribution in [0.4, 0.5) is 4.79 Å². The van der Waals surface area contributed by atoms with E-state index in [1.54, 1.807) is 20.8 Å². The molecule has 0 bridgehead atoms. The molecule has 18 heavy (non-hydrogen) atoms. The van der Waals surface area contributed by atoms with Crippen molar-refractivity contribution in [2.24, 2.45) is 5.92 Å². The number of amides is 1. The Labute approximate surface area is 106 Å². The van der Waals surface area contributed by atoms with Crippen molar-refractivity contribution in [3.63, 3.8) is 0 Å². The number of carboxylic acids is 1. The molecular weight excluding hydrogens is 238 g/mol. The standard InChI is InChI=1S/C12H19NO5/c1-12(2,3)18-11(17)13-6-4-8(10(15)16)9(14)5-7-13/h8H,4-7H2,1-3H3,(H,15,16). The van der Waals surface area contributed by atoms with Crippen molar-refractivity contribution < 1.29 is 24.2 Å². The summed E-state index contributed by atoms with van der Waals surface area (Å²) in [6.07, 6.45) is -0.287. The Morgan fingerprint density at radius 2 is 1.94 bits per heavy atom. The SMILES string of the molecule is CC(C)(C)OC(=O)N1CCC(=O)C(C(=O)O)CC1. The summed E-state index contributed by atoms with van der Waals surface area (Å²) >= 11 is 0. The van der Waals surface area contributed by atoms with E-state index in [0.29, 0.717) is 0 Å². The Hall–Kier alpha value is -1.59. The minimum absolute atomic E-state index is 0.0657. The quantitative estimate of drug-likeness (QED) is 0.715. The van der Waals surface area contributed by atoms with Gasteiger partial charge in [-0.2, -0.15) is 0 Å². The first-order chi connectivity index (χ1) is 8.20. The van der Waals surface area contributed by atoms with Gasteiger partial charge in [-0.3, -0.25) is 9.59 Å². The highest BCUT2D eigenvalue weighted by Gasteiger charge is 2.32. The van der Waals surface area contributed by atoms with Crippen LogP contribution in [0.5, 0.6) is 0 Å².